The molecule has 4 atom stereocenters. The van der Waals surface area contributed by atoms with Crippen LogP contribution in [0.15, 0.2) is 0 Å². The lowest BCUT2D eigenvalue weighted by Crippen LogP contribution is -2.51. The van der Waals surface area contributed by atoms with Gasteiger partial charge in [0, 0.05) is 5.54 Å². The molecular weight excluding hydrogens is 158 g/mol. The van der Waals surface area contributed by atoms with E-state index >= 15 is 0 Å². The fourth-order valence-corrected chi connectivity index (χ4v) is 3.44. The van der Waals surface area contributed by atoms with Gasteiger partial charge >= 0.3 is 0 Å². The summed E-state index contributed by atoms with van der Waals surface area (Å²) in [6.45, 7) is 7.39. The summed E-state index contributed by atoms with van der Waals surface area (Å²) in [6.07, 6.45) is 4.33. The lowest BCUT2D eigenvalue weighted by molar-refractivity contribution is 0.0242. The summed E-state index contributed by atoms with van der Waals surface area (Å²) in [5.74, 6) is 1.91. The zero-order valence-corrected chi connectivity index (χ0v) is 9.72. The van der Waals surface area contributed by atoms with Gasteiger partial charge in [0.1, 0.15) is 0 Å². The Hall–Kier alpha value is -0.0400. The Morgan fingerprint density at radius 2 is 1.85 bits per heavy atom. The Morgan fingerprint density at radius 3 is 2.38 bits per heavy atom. The van der Waals surface area contributed by atoms with Crippen molar-refractivity contribution < 1.29 is 0 Å². The predicted octanol–water partition coefficient (Wildman–Crippen LogP) is 2.76. The van der Waals surface area contributed by atoms with Crippen molar-refractivity contribution in [1.29, 1.82) is 0 Å². The largest absolute Gasteiger partial charge is 0.304 e. The van der Waals surface area contributed by atoms with Gasteiger partial charge in [0.15, 0.2) is 0 Å². The molecule has 0 amide bonds. The van der Waals surface area contributed by atoms with Crippen molar-refractivity contribution in [2.75, 3.05) is 14.1 Å². The molecule has 4 unspecified atom stereocenters. The second-order valence-corrected chi connectivity index (χ2v) is 5.92. The van der Waals surface area contributed by atoms with Gasteiger partial charge in [-0.25, -0.2) is 0 Å². The molecule has 2 rings (SSSR count). The lowest BCUT2D eigenvalue weighted by Gasteiger charge is -2.48. The Kier molecular flexibility index (Phi) is 1.83. The maximum absolute atomic E-state index is 2.49. The first-order chi connectivity index (χ1) is 5.91. The molecule has 0 aromatic rings. The number of hydrogen-bond donors (Lipinski definition) is 0. The van der Waals surface area contributed by atoms with Crippen LogP contribution in [0.25, 0.3) is 0 Å². The monoisotopic (exact) mass is 181 g/mol. The summed E-state index contributed by atoms with van der Waals surface area (Å²) in [4.78, 5) is 2.44. The van der Waals surface area contributed by atoms with Crippen LogP contribution in [-0.2, 0) is 0 Å². The first-order valence-corrected chi connectivity index (χ1v) is 5.59. The van der Waals surface area contributed by atoms with E-state index in [9.17, 15) is 0 Å². The van der Waals surface area contributed by atoms with Gasteiger partial charge in [-0.05, 0) is 57.5 Å². The van der Waals surface area contributed by atoms with Crippen molar-refractivity contribution in [3.8, 4) is 0 Å². The van der Waals surface area contributed by atoms with E-state index in [0.29, 0.717) is 11.0 Å². The van der Waals surface area contributed by atoms with E-state index in [1.165, 1.54) is 19.3 Å². The van der Waals surface area contributed by atoms with Crippen molar-refractivity contribution in [2.24, 2.45) is 17.3 Å². The number of rotatable bonds is 1. The number of nitrogens with zero attached hydrogens (tertiary/aromatic N) is 1. The molecule has 1 nitrogen and oxygen atoms in total. The van der Waals surface area contributed by atoms with Gasteiger partial charge < -0.3 is 4.90 Å². The summed E-state index contributed by atoms with van der Waals surface area (Å²) in [6, 6.07) is 0. The molecule has 0 N–H and O–H groups in total. The van der Waals surface area contributed by atoms with Crippen LogP contribution in [0.3, 0.4) is 0 Å². The first kappa shape index (κ1) is 9.51. The molecular formula is C12H23N. The molecule has 0 aliphatic heterocycles. The van der Waals surface area contributed by atoms with E-state index in [0.717, 1.165) is 11.8 Å². The molecule has 0 bridgehead atoms. The number of hydrogen-bond acceptors (Lipinski definition) is 1. The Bertz CT molecular complexity index is 223. The maximum Gasteiger partial charge on any atom is 0.0206 e. The molecule has 76 valence electrons. The zero-order chi connectivity index (χ0) is 9.85. The zero-order valence-electron chi connectivity index (χ0n) is 9.72. The highest BCUT2D eigenvalue weighted by molar-refractivity contribution is 5.12. The molecule has 13 heavy (non-hydrogen) atoms. The molecule has 0 spiro atoms. The summed E-state index contributed by atoms with van der Waals surface area (Å²) < 4.78 is 0. The van der Waals surface area contributed by atoms with Crippen molar-refractivity contribution in [2.45, 2.75) is 45.6 Å². The molecule has 0 radical (unpaired) electrons. The maximum atomic E-state index is 2.49. The van der Waals surface area contributed by atoms with Crippen molar-refractivity contribution in [1.82, 2.24) is 4.90 Å². The molecule has 0 aromatic carbocycles. The minimum atomic E-state index is 0.446. The molecule has 2 aliphatic rings. The highest BCUT2D eigenvalue weighted by Gasteiger charge is 2.61. The highest BCUT2D eigenvalue weighted by atomic mass is 15.2. The highest BCUT2D eigenvalue weighted by Crippen LogP contribution is 2.66. The van der Waals surface area contributed by atoms with E-state index in [-0.39, 0.29) is 0 Å². The van der Waals surface area contributed by atoms with Gasteiger partial charge in [0.25, 0.3) is 0 Å². The normalized spacial score (nSPS) is 54.9. The van der Waals surface area contributed by atoms with E-state index in [1.54, 1.807) is 0 Å². The SMILES string of the molecule is CC1C2(C)CC2CCC1(C)N(C)C. The van der Waals surface area contributed by atoms with Crippen molar-refractivity contribution in [3.05, 3.63) is 0 Å². The molecule has 2 aliphatic carbocycles. The minimum absolute atomic E-state index is 0.446. The van der Waals surface area contributed by atoms with Crippen molar-refractivity contribution >= 4 is 0 Å². The molecule has 2 saturated carbocycles. The van der Waals surface area contributed by atoms with E-state index in [1.807, 2.05) is 0 Å². The van der Waals surface area contributed by atoms with E-state index in [4.69, 9.17) is 0 Å². The smallest absolute Gasteiger partial charge is 0.0206 e. The predicted molar refractivity (Wildman–Crippen MR) is 56.7 cm³/mol. The summed E-state index contributed by atoms with van der Waals surface area (Å²) in [5.41, 5.74) is 1.12. The second kappa shape index (κ2) is 2.50. The Morgan fingerprint density at radius 1 is 1.23 bits per heavy atom. The minimum Gasteiger partial charge on any atom is -0.304 e. The Labute approximate surface area is 82.5 Å². The van der Waals surface area contributed by atoms with Crippen molar-refractivity contribution in [3.63, 3.8) is 0 Å². The fraction of sp³-hybridized carbons (Fsp3) is 1.00. The second-order valence-electron chi connectivity index (χ2n) is 5.92. The van der Waals surface area contributed by atoms with E-state index < -0.39 is 0 Å². The van der Waals surface area contributed by atoms with Crippen LogP contribution in [0.2, 0.25) is 0 Å². The van der Waals surface area contributed by atoms with Crippen LogP contribution in [0.5, 0.6) is 0 Å². The summed E-state index contributed by atoms with van der Waals surface area (Å²) in [5, 5.41) is 0. The third kappa shape index (κ3) is 1.09. The summed E-state index contributed by atoms with van der Waals surface area (Å²) in [7, 11) is 4.48. The van der Waals surface area contributed by atoms with Crippen LogP contribution in [0.1, 0.15) is 40.0 Å². The summed E-state index contributed by atoms with van der Waals surface area (Å²) >= 11 is 0. The molecule has 2 fully saturated rings. The molecule has 0 heterocycles. The van der Waals surface area contributed by atoms with Crippen LogP contribution >= 0.6 is 0 Å². The average molecular weight is 181 g/mol. The average Bonchev–Trinajstić information content (AvgIpc) is 2.72. The van der Waals surface area contributed by atoms with Gasteiger partial charge in [-0.15, -0.1) is 0 Å². The van der Waals surface area contributed by atoms with Crippen LogP contribution in [-0.4, -0.2) is 24.5 Å². The van der Waals surface area contributed by atoms with E-state index in [2.05, 4.69) is 39.8 Å². The van der Waals surface area contributed by atoms with Gasteiger partial charge in [-0.1, -0.05) is 13.8 Å². The van der Waals surface area contributed by atoms with Gasteiger partial charge in [-0.3, -0.25) is 0 Å². The molecule has 0 aromatic heterocycles. The first-order valence-electron chi connectivity index (χ1n) is 5.59. The third-order valence-electron chi connectivity index (χ3n) is 5.40. The standard InChI is InChI=1S/C12H23N/c1-9-11(2)8-10(11)6-7-12(9,3)13(4)5/h9-10H,6-8H2,1-5H3. The fourth-order valence-electron chi connectivity index (χ4n) is 3.44. The molecule has 1 heteroatoms. The van der Waals surface area contributed by atoms with Gasteiger partial charge in [0.05, 0.1) is 0 Å². The molecule has 0 saturated heterocycles. The Balaban J connectivity index is 2.22. The third-order valence-corrected chi connectivity index (χ3v) is 5.40. The van der Waals surface area contributed by atoms with Crippen LogP contribution in [0, 0.1) is 17.3 Å². The van der Waals surface area contributed by atoms with Gasteiger partial charge in [0.2, 0.25) is 0 Å². The lowest BCUT2D eigenvalue weighted by atomic mass is 9.68. The quantitative estimate of drug-likeness (QED) is 0.601. The topological polar surface area (TPSA) is 3.24 Å². The van der Waals surface area contributed by atoms with Crippen LogP contribution < -0.4 is 0 Å². The van der Waals surface area contributed by atoms with Gasteiger partial charge in [-0.2, -0.15) is 0 Å². The number of fused-ring (bicyclic) bond motifs is 1. The van der Waals surface area contributed by atoms with Crippen LogP contribution in [0.4, 0.5) is 0 Å².